The standard InChI is InChI=1S/C31H44ClF2N5O7/c32-21-16-35-31(36-17-21)39-6-4-20(5-7-39)3-1-2-12-46-22-13-24(33)23(25(34)14-22)15-28(43)38-10-8-37(9-11-38)18-26(41)29(44)30(45)27(42)19-40/h13-14,16-17,20,26-27,29-30,40-42,44-45H,1-12,15,18-19H2/t26-,27+,29+,30+/m0/s1. The van der Waals surface area contributed by atoms with Gasteiger partial charge in [-0.2, -0.15) is 0 Å². The molecule has 5 N–H and O–H groups in total. The summed E-state index contributed by atoms with van der Waals surface area (Å²) in [7, 11) is 0. The first-order chi connectivity index (χ1) is 22.0. The topological polar surface area (TPSA) is 163 Å². The lowest BCUT2D eigenvalue weighted by atomic mass is 9.92. The highest BCUT2D eigenvalue weighted by atomic mass is 35.5. The highest BCUT2D eigenvalue weighted by molar-refractivity contribution is 6.30. The summed E-state index contributed by atoms with van der Waals surface area (Å²) in [6.07, 6.45) is 1.15. The molecule has 2 aliphatic heterocycles. The lowest BCUT2D eigenvalue weighted by Crippen LogP contribution is -2.54. The molecule has 0 saturated carbocycles. The van der Waals surface area contributed by atoms with Crippen molar-refractivity contribution in [1.29, 1.82) is 0 Å². The van der Waals surface area contributed by atoms with Gasteiger partial charge in [-0.15, -0.1) is 0 Å². The molecule has 15 heteroatoms. The van der Waals surface area contributed by atoms with Crippen LogP contribution in [0.2, 0.25) is 5.02 Å². The number of carbonyl (C=O) groups excluding carboxylic acids is 1. The summed E-state index contributed by atoms with van der Waals surface area (Å²) in [6.45, 7) is 2.40. The van der Waals surface area contributed by atoms with Gasteiger partial charge in [0.05, 0.1) is 43.2 Å². The van der Waals surface area contributed by atoms with E-state index >= 15 is 0 Å². The van der Waals surface area contributed by atoms with Crippen LogP contribution in [-0.2, 0) is 11.2 Å². The van der Waals surface area contributed by atoms with Crippen molar-refractivity contribution >= 4 is 23.5 Å². The molecule has 2 aromatic rings. The van der Waals surface area contributed by atoms with Crippen LogP contribution in [0.3, 0.4) is 0 Å². The van der Waals surface area contributed by atoms with Crippen molar-refractivity contribution in [2.45, 2.75) is 62.9 Å². The van der Waals surface area contributed by atoms with E-state index < -0.39 is 55.0 Å². The zero-order valence-corrected chi connectivity index (χ0v) is 26.5. The number of piperidine rings is 1. The second kappa shape index (κ2) is 17.4. The molecule has 2 aliphatic rings. The summed E-state index contributed by atoms with van der Waals surface area (Å²) in [5, 5.41) is 48.9. The number of carbonyl (C=O) groups is 1. The van der Waals surface area contributed by atoms with E-state index in [-0.39, 0.29) is 30.9 Å². The molecule has 3 heterocycles. The van der Waals surface area contributed by atoms with Crippen molar-refractivity contribution in [3.8, 4) is 5.75 Å². The Labute approximate surface area is 272 Å². The zero-order chi connectivity index (χ0) is 33.2. The number of amides is 1. The van der Waals surface area contributed by atoms with Gasteiger partial charge >= 0.3 is 0 Å². The van der Waals surface area contributed by atoms with Crippen LogP contribution in [0.4, 0.5) is 14.7 Å². The van der Waals surface area contributed by atoms with Gasteiger partial charge in [0.25, 0.3) is 0 Å². The molecule has 0 aliphatic carbocycles. The number of aliphatic hydroxyl groups excluding tert-OH is 5. The van der Waals surface area contributed by atoms with Crippen LogP contribution in [0.5, 0.6) is 5.75 Å². The Morgan fingerprint density at radius 1 is 0.935 bits per heavy atom. The van der Waals surface area contributed by atoms with Gasteiger partial charge in [0.1, 0.15) is 35.7 Å². The molecular weight excluding hydrogens is 628 g/mol. The lowest BCUT2D eigenvalue weighted by Gasteiger charge is -2.37. The van der Waals surface area contributed by atoms with Crippen LogP contribution in [0, 0.1) is 17.6 Å². The van der Waals surface area contributed by atoms with Crippen LogP contribution in [0.1, 0.15) is 37.7 Å². The number of hydrogen-bond acceptors (Lipinski definition) is 11. The Hall–Kier alpha value is -2.72. The Balaban J connectivity index is 1.14. The third-order valence-corrected chi connectivity index (χ3v) is 8.91. The van der Waals surface area contributed by atoms with Crippen molar-refractivity contribution < 1.29 is 43.8 Å². The number of hydrogen-bond donors (Lipinski definition) is 5. The minimum atomic E-state index is -1.72. The summed E-state index contributed by atoms with van der Waals surface area (Å²) in [6, 6.07) is 2.21. The van der Waals surface area contributed by atoms with Crippen LogP contribution in [0.15, 0.2) is 24.5 Å². The fraction of sp³-hybridized carbons (Fsp3) is 0.645. The van der Waals surface area contributed by atoms with Crippen LogP contribution in [0.25, 0.3) is 0 Å². The highest BCUT2D eigenvalue weighted by Crippen LogP contribution is 2.26. The van der Waals surface area contributed by atoms with Crippen molar-refractivity contribution in [1.82, 2.24) is 19.8 Å². The number of piperazine rings is 1. The first-order valence-corrected chi connectivity index (χ1v) is 16.1. The fourth-order valence-corrected chi connectivity index (χ4v) is 5.92. The van der Waals surface area contributed by atoms with Gasteiger partial charge in [-0.1, -0.05) is 18.0 Å². The highest BCUT2D eigenvalue weighted by Gasteiger charge is 2.32. The van der Waals surface area contributed by atoms with Gasteiger partial charge in [-0.3, -0.25) is 9.69 Å². The summed E-state index contributed by atoms with van der Waals surface area (Å²) in [5.41, 5.74) is -0.329. The second-order valence-corrected chi connectivity index (χ2v) is 12.4. The van der Waals surface area contributed by atoms with Crippen LogP contribution in [-0.4, -0.2) is 135 Å². The number of β-amino-alcohol motifs (C(OH)–C–C–N with tert-alkyl or cyclic N) is 1. The summed E-state index contributed by atoms with van der Waals surface area (Å²) >= 11 is 5.87. The largest absolute Gasteiger partial charge is 0.493 e. The van der Waals surface area contributed by atoms with Crippen molar-refractivity contribution in [2.75, 3.05) is 63.9 Å². The molecule has 0 bridgehead atoms. The molecule has 0 unspecified atom stereocenters. The molecule has 256 valence electrons. The van der Waals surface area contributed by atoms with Crippen LogP contribution >= 0.6 is 11.6 Å². The van der Waals surface area contributed by atoms with E-state index in [4.69, 9.17) is 21.4 Å². The molecule has 4 rings (SSSR count). The minimum absolute atomic E-state index is 0.0383. The molecular formula is C31H44ClF2N5O7. The predicted molar refractivity (Wildman–Crippen MR) is 166 cm³/mol. The number of anilines is 1. The molecule has 2 saturated heterocycles. The Kier molecular flexibility index (Phi) is 13.7. The molecule has 46 heavy (non-hydrogen) atoms. The summed E-state index contributed by atoms with van der Waals surface area (Å²) in [5.74, 6) is -0.785. The smallest absolute Gasteiger partial charge is 0.227 e. The number of unbranched alkanes of at least 4 members (excludes halogenated alkanes) is 1. The number of aliphatic hydroxyl groups is 5. The summed E-state index contributed by atoms with van der Waals surface area (Å²) in [4.78, 5) is 26.8. The van der Waals surface area contributed by atoms with E-state index in [1.165, 1.54) is 4.90 Å². The monoisotopic (exact) mass is 671 g/mol. The van der Waals surface area contributed by atoms with E-state index in [1.807, 2.05) is 0 Å². The van der Waals surface area contributed by atoms with Gasteiger partial charge in [0.2, 0.25) is 11.9 Å². The molecule has 0 spiro atoms. The molecule has 2 fully saturated rings. The van der Waals surface area contributed by atoms with E-state index in [0.29, 0.717) is 36.6 Å². The fourth-order valence-electron chi connectivity index (χ4n) is 5.83. The molecule has 4 atom stereocenters. The third kappa shape index (κ3) is 10.1. The average molecular weight is 672 g/mol. The van der Waals surface area contributed by atoms with Gasteiger partial charge in [0, 0.05) is 63.5 Å². The molecule has 12 nitrogen and oxygen atoms in total. The maximum atomic E-state index is 14.8. The maximum Gasteiger partial charge on any atom is 0.227 e. The van der Waals surface area contributed by atoms with Gasteiger partial charge < -0.3 is 40.1 Å². The first kappa shape index (κ1) is 36.1. The summed E-state index contributed by atoms with van der Waals surface area (Å²) < 4.78 is 35.3. The minimum Gasteiger partial charge on any atom is -0.493 e. The maximum absolute atomic E-state index is 14.8. The number of halogens is 3. The Morgan fingerprint density at radius 2 is 1.54 bits per heavy atom. The predicted octanol–water partition coefficient (Wildman–Crippen LogP) is 0.996. The molecule has 1 aromatic heterocycles. The molecule has 1 aromatic carbocycles. The zero-order valence-electron chi connectivity index (χ0n) is 25.7. The van der Waals surface area contributed by atoms with Gasteiger partial charge in [-0.05, 0) is 31.6 Å². The lowest BCUT2D eigenvalue weighted by molar-refractivity contribution is -0.134. The number of rotatable bonds is 15. The quantitative estimate of drug-likeness (QED) is 0.172. The van der Waals surface area contributed by atoms with Gasteiger partial charge in [-0.25, -0.2) is 18.7 Å². The van der Waals surface area contributed by atoms with Crippen molar-refractivity contribution in [2.24, 2.45) is 5.92 Å². The van der Waals surface area contributed by atoms with E-state index in [0.717, 1.165) is 57.3 Å². The Morgan fingerprint density at radius 3 is 2.15 bits per heavy atom. The first-order valence-electron chi connectivity index (χ1n) is 15.7. The normalized spacial score (nSPS) is 19.1. The molecule has 1 amide bonds. The number of ether oxygens (including phenoxy) is 1. The second-order valence-electron chi connectivity index (χ2n) is 12.0. The van der Waals surface area contributed by atoms with Gasteiger partial charge in [0.15, 0.2) is 0 Å². The molecule has 0 radical (unpaired) electrons. The Bertz CT molecular complexity index is 1230. The van der Waals surface area contributed by atoms with Crippen molar-refractivity contribution in [3.63, 3.8) is 0 Å². The van der Waals surface area contributed by atoms with E-state index in [9.17, 15) is 34.0 Å². The third-order valence-electron chi connectivity index (χ3n) is 8.72. The van der Waals surface area contributed by atoms with Crippen LogP contribution < -0.4 is 9.64 Å². The number of aromatic nitrogens is 2. The average Bonchev–Trinajstić information content (AvgIpc) is 3.06. The number of benzene rings is 1. The number of nitrogens with zero attached hydrogens (tertiary/aromatic N) is 5. The van der Waals surface area contributed by atoms with E-state index in [1.54, 1.807) is 17.3 Å². The SMILES string of the molecule is O=C(Cc1c(F)cc(OCCCCC2CCN(c3ncc(Cl)cn3)CC2)cc1F)N1CCN(C[C@H](O)[C@@H](O)[C@H](O)[C@H](O)CO)CC1. The van der Waals surface area contributed by atoms with Crippen molar-refractivity contribution in [3.05, 3.63) is 46.7 Å². The van der Waals surface area contributed by atoms with E-state index in [2.05, 4.69) is 14.9 Å².